The summed E-state index contributed by atoms with van der Waals surface area (Å²) in [6.07, 6.45) is 14.1. The molecule has 10 nitrogen and oxygen atoms in total. The van der Waals surface area contributed by atoms with Crippen LogP contribution in [0.15, 0.2) is 95.9 Å². The largest absolute Gasteiger partial charge is 0.507 e. The first-order chi connectivity index (χ1) is 25.9. The van der Waals surface area contributed by atoms with Crippen LogP contribution in [-0.4, -0.2) is 65.9 Å². The van der Waals surface area contributed by atoms with Gasteiger partial charge in [0.15, 0.2) is 0 Å². The molecule has 1 saturated carbocycles. The molecule has 8 rings (SSSR count). The molecule has 1 aliphatic carbocycles. The summed E-state index contributed by atoms with van der Waals surface area (Å²) >= 11 is 0. The van der Waals surface area contributed by atoms with Gasteiger partial charge in [-0.3, -0.25) is 14.9 Å². The number of amides is 2. The highest BCUT2D eigenvalue weighted by molar-refractivity contribution is 6.11. The smallest absolute Gasteiger partial charge is 0.249 e. The van der Waals surface area contributed by atoms with Gasteiger partial charge >= 0.3 is 0 Å². The molecular formula is C43H50N6O4. The SMILES string of the molecule is CC1C=CN(c2ccc(C3CCN(C4CCC(c5cccc6c5OCCN6C5CCC(=O)NC5=O)CC4)CC3)cc2)/C1=C/C(=N\N)c1ccccc1O. The van der Waals surface area contributed by atoms with Crippen LogP contribution in [0, 0.1) is 5.92 Å². The van der Waals surface area contributed by atoms with Gasteiger partial charge in [0.2, 0.25) is 11.8 Å². The van der Waals surface area contributed by atoms with Gasteiger partial charge in [0.25, 0.3) is 0 Å². The van der Waals surface area contributed by atoms with Crippen LogP contribution < -0.4 is 25.7 Å². The number of aromatic hydroxyl groups is 1. The average molecular weight is 715 g/mol. The van der Waals surface area contributed by atoms with Crippen molar-refractivity contribution in [2.24, 2.45) is 16.9 Å². The summed E-state index contributed by atoms with van der Waals surface area (Å²) in [6.45, 7) is 5.60. The highest BCUT2D eigenvalue weighted by Crippen LogP contribution is 2.45. The highest BCUT2D eigenvalue weighted by atomic mass is 16.5. The number of ether oxygens (including phenoxy) is 1. The number of allylic oxidation sites excluding steroid dienone is 2. The molecule has 0 aromatic heterocycles. The van der Waals surface area contributed by atoms with E-state index in [1.54, 1.807) is 12.1 Å². The number of nitrogens with zero attached hydrogens (tertiary/aromatic N) is 4. The third-order valence-electron chi connectivity index (χ3n) is 12.2. The quantitative estimate of drug-likeness (QED) is 0.110. The number of fused-ring (bicyclic) bond motifs is 1. The number of para-hydroxylation sites is 2. The van der Waals surface area contributed by atoms with Gasteiger partial charge in [0.05, 0.1) is 17.9 Å². The van der Waals surface area contributed by atoms with E-state index in [-0.39, 0.29) is 29.5 Å². The minimum atomic E-state index is -0.328. The number of hydrogen-bond donors (Lipinski definition) is 3. The molecule has 4 aliphatic heterocycles. The molecule has 53 heavy (non-hydrogen) atoms. The summed E-state index contributed by atoms with van der Waals surface area (Å²) in [7, 11) is 0. The lowest BCUT2D eigenvalue weighted by molar-refractivity contribution is -0.134. The van der Waals surface area contributed by atoms with Crippen molar-refractivity contribution in [3.05, 3.63) is 107 Å². The standard InChI is InChI=1S/C43H50N6O4/c1-28-19-24-48(39(28)27-36(46-44)35-5-2-3-8-40(35)50)33-15-9-29(10-16-33)30-20-22-47(23-21-30)32-13-11-31(12-14-32)34-6-4-7-37-42(34)53-26-25-49(37)38-17-18-41(51)45-43(38)52/h2-10,15-16,19,24,27-28,30-32,38,50H,11-14,17-18,20-23,25-26,44H2,1H3,(H,45,51,52)/b39-27+,46-36+. The molecule has 2 unspecified atom stereocenters. The van der Waals surface area contributed by atoms with E-state index < -0.39 is 0 Å². The minimum Gasteiger partial charge on any atom is -0.507 e. The number of phenolic OH excluding ortho intramolecular Hbond substituents is 1. The van der Waals surface area contributed by atoms with Crippen LogP contribution in [0.4, 0.5) is 11.4 Å². The predicted octanol–water partition coefficient (Wildman–Crippen LogP) is 6.52. The maximum absolute atomic E-state index is 12.7. The Hall–Kier alpha value is -5.09. The Morgan fingerprint density at radius 1 is 0.906 bits per heavy atom. The first-order valence-electron chi connectivity index (χ1n) is 19.3. The van der Waals surface area contributed by atoms with Gasteiger partial charge in [-0.1, -0.05) is 49.4 Å². The minimum absolute atomic E-state index is 0.156. The van der Waals surface area contributed by atoms with Crippen LogP contribution in [-0.2, 0) is 9.59 Å². The Labute approximate surface area is 312 Å². The number of benzene rings is 3. The number of rotatable bonds is 7. The zero-order valence-electron chi connectivity index (χ0n) is 30.5. The number of piperidine rings is 2. The van der Waals surface area contributed by atoms with E-state index in [1.807, 2.05) is 18.2 Å². The first kappa shape index (κ1) is 35.0. The normalized spacial score (nSPS) is 26.4. The summed E-state index contributed by atoms with van der Waals surface area (Å²) < 4.78 is 6.29. The van der Waals surface area contributed by atoms with E-state index in [4.69, 9.17) is 10.6 Å². The number of likely N-dealkylation sites (tertiary alicyclic amines) is 1. The van der Waals surface area contributed by atoms with Crippen molar-refractivity contribution in [2.45, 2.75) is 82.2 Å². The van der Waals surface area contributed by atoms with Gasteiger partial charge in [0.1, 0.15) is 24.1 Å². The van der Waals surface area contributed by atoms with E-state index in [0.717, 1.165) is 61.6 Å². The van der Waals surface area contributed by atoms with E-state index in [1.165, 1.54) is 24.0 Å². The monoisotopic (exact) mass is 714 g/mol. The van der Waals surface area contributed by atoms with Crippen LogP contribution >= 0.6 is 0 Å². The molecule has 3 aromatic rings. The molecule has 10 heteroatoms. The van der Waals surface area contributed by atoms with Crippen LogP contribution in [0.3, 0.4) is 0 Å². The topological polar surface area (TPSA) is 124 Å². The lowest BCUT2D eigenvalue weighted by atomic mass is 9.79. The molecule has 2 saturated heterocycles. The third kappa shape index (κ3) is 7.04. The van der Waals surface area contributed by atoms with E-state index >= 15 is 0 Å². The van der Waals surface area contributed by atoms with E-state index in [0.29, 0.717) is 55.1 Å². The summed E-state index contributed by atoms with van der Waals surface area (Å²) in [5.41, 5.74) is 6.97. The number of anilines is 2. The fourth-order valence-corrected chi connectivity index (χ4v) is 9.24. The van der Waals surface area contributed by atoms with Crippen molar-refractivity contribution in [1.29, 1.82) is 0 Å². The van der Waals surface area contributed by atoms with E-state index in [9.17, 15) is 14.7 Å². The second kappa shape index (κ2) is 15.1. The summed E-state index contributed by atoms with van der Waals surface area (Å²) in [5.74, 6) is 7.68. The predicted molar refractivity (Wildman–Crippen MR) is 208 cm³/mol. The number of phenols is 1. The molecular weight excluding hydrogens is 665 g/mol. The Morgan fingerprint density at radius 3 is 2.42 bits per heavy atom. The third-order valence-corrected chi connectivity index (χ3v) is 12.2. The van der Waals surface area contributed by atoms with Crippen LogP contribution in [0.25, 0.3) is 0 Å². The summed E-state index contributed by atoms with van der Waals surface area (Å²) in [4.78, 5) is 31.6. The highest BCUT2D eigenvalue weighted by Gasteiger charge is 2.37. The van der Waals surface area contributed by atoms with E-state index in [2.05, 4.69) is 86.8 Å². The number of nitrogens with one attached hydrogen (secondary N) is 1. The first-order valence-corrected chi connectivity index (χ1v) is 19.3. The van der Waals surface area contributed by atoms with Crippen molar-refractivity contribution in [2.75, 3.05) is 36.0 Å². The molecule has 2 amide bonds. The molecule has 0 bridgehead atoms. The molecule has 2 atom stereocenters. The Kier molecular flexibility index (Phi) is 9.96. The van der Waals surface area contributed by atoms with Crippen molar-refractivity contribution in [3.63, 3.8) is 0 Å². The maximum Gasteiger partial charge on any atom is 0.249 e. The van der Waals surface area contributed by atoms with Crippen molar-refractivity contribution < 1.29 is 19.4 Å². The van der Waals surface area contributed by atoms with Gasteiger partial charge in [-0.15, -0.1) is 0 Å². The van der Waals surface area contributed by atoms with Crippen molar-refractivity contribution >= 4 is 28.9 Å². The average Bonchev–Trinajstić information content (AvgIpc) is 3.56. The number of nitrogens with two attached hydrogens (primary N) is 1. The molecule has 0 radical (unpaired) electrons. The molecule has 5 aliphatic rings. The van der Waals surface area contributed by atoms with Gasteiger partial charge < -0.3 is 30.4 Å². The molecule has 276 valence electrons. The molecule has 4 heterocycles. The van der Waals surface area contributed by atoms with Crippen LogP contribution in [0.2, 0.25) is 0 Å². The molecule has 3 fully saturated rings. The molecule has 0 spiro atoms. The zero-order valence-corrected chi connectivity index (χ0v) is 30.5. The van der Waals surface area contributed by atoms with Crippen molar-refractivity contribution in [3.8, 4) is 11.5 Å². The maximum atomic E-state index is 12.7. The number of hydrogen-bond acceptors (Lipinski definition) is 9. The zero-order chi connectivity index (χ0) is 36.5. The number of carbonyl (C=O) groups is 2. The Morgan fingerprint density at radius 2 is 1.68 bits per heavy atom. The fraction of sp³-hybridized carbons (Fsp3) is 0.419. The fourth-order valence-electron chi connectivity index (χ4n) is 9.24. The van der Waals surface area contributed by atoms with Gasteiger partial charge in [-0.25, -0.2) is 0 Å². The van der Waals surface area contributed by atoms with Gasteiger partial charge in [0, 0.05) is 41.5 Å². The lowest BCUT2D eigenvalue weighted by Crippen LogP contribution is -2.54. The Bertz CT molecular complexity index is 1920. The molecule has 3 aromatic carbocycles. The van der Waals surface area contributed by atoms with Crippen LogP contribution in [0.5, 0.6) is 11.5 Å². The summed E-state index contributed by atoms with van der Waals surface area (Å²) in [5, 5.41) is 16.9. The van der Waals surface area contributed by atoms with Gasteiger partial charge in [-0.05, 0) is 117 Å². The lowest BCUT2D eigenvalue weighted by Gasteiger charge is -2.42. The second-order valence-electron chi connectivity index (χ2n) is 15.2. The number of imide groups is 1. The Balaban J connectivity index is 0.865. The van der Waals surface area contributed by atoms with Gasteiger partial charge in [-0.2, -0.15) is 5.10 Å². The van der Waals surface area contributed by atoms with Crippen LogP contribution in [0.1, 0.15) is 86.8 Å². The second-order valence-corrected chi connectivity index (χ2v) is 15.2. The number of hydrazone groups is 1. The summed E-state index contributed by atoms with van der Waals surface area (Å²) in [6, 6.07) is 22.8. The van der Waals surface area contributed by atoms with Crippen molar-refractivity contribution in [1.82, 2.24) is 10.2 Å². The molecule has 4 N–H and O–H groups in total. The number of carbonyl (C=O) groups excluding carboxylic acids is 2.